The van der Waals surface area contributed by atoms with Crippen LogP contribution in [0.4, 0.5) is 5.82 Å². The molecule has 1 heterocycles. The highest BCUT2D eigenvalue weighted by Gasteiger charge is 2.07. The van der Waals surface area contributed by atoms with Crippen molar-refractivity contribution in [2.45, 2.75) is 12.8 Å². The standard InChI is InChI=1S/C9H12BrN3O2/c1-13(4-2-3-8(14)15)9-7(10)5-11-6-12-9/h5-6H,2-4H2,1H3,(H,14,15). The van der Waals surface area contributed by atoms with Crippen molar-refractivity contribution < 1.29 is 9.90 Å². The molecule has 0 fully saturated rings. The highest BCUT2D eigenvalue weighted by Crippen LogP contribution is 2.20. The first-order valence-corrected chi connectivity index (χ1v) is 5.29. The first-order chi connectivity index (χ1) is 7.11. The number of anilines is 1. The molecular weight excluding hydrogens is 262 g/mol. The third-order valence-corrected chi connectivity index (χ3v) is 2.45. The number of halogens is 1. The van der Waals surface area contributed by atoms with E-state index in [-0.39, 0.29) is 6.42 Å². The molecule has 0 aliphatic carbocycles. The molecule has 0 saturated carbocycles. The lowest BCUT2D eigenvalue weighted by Gasteiger charge is -2.18. The Morgan fingerprint density at radius 1 is 1.67 bits per heavy atom. The molecular formula is C9H12BrN3O2. The molecule has 0 aliphatic rings. The van der Waals surface area contributed by atoms with Gasteiger partial charge in [-0.15, -0.1) is 0 Å². The number of aromatic nitrogens is 2. The summed E-state index contributed by atoms with van der Waals surface area (Å²) in [4.78, 5) is 20.2. The van der Waals surface area contributed by atoms with Gasteiger partial charge in [0.15, 0.2) is 0 Å². The molecule has 0 spiro atoms. The molecule has 0 radical (unpaired) electrons. The van der Waals surface area contributed by atoms with Gasteiger partial charge in [0.1, 0.15) is 12.1 Å². The van der Waals surface area contributed by atoms with Crippen LogP contribution in [0.1, 0.15) is 12.8 Å². The van der Waals surface area contributed by atoms with E-state index in [0.717, 1.165) is 10.3 Å². The number of aliphatic carboxylic acids is 1. The van der Waals surface area contributed by atoms with Gasteiger partial charge in [-0.2, -0.15) is 0 Å². The number of hydrogen-bond donors (Lipinski definition) is 1. The van der Waals surface area contributed by atoms with Crippen LogP contribution in [0.25, 0.3) is 0 Å². The fourth-order valence-corrected chi connectivity index (χ4v) is 1.68. The van der Waals surface area contributed by atoms with E-state index < -0.39 is 5.97 Å². The average Bonchev–Trinajstić information content (AvgIpc) is 2.17. The van der Waals surface area contributed by atoms with Crippen LogP contribution in [0.2, 0.25) is 0 Å². The molecule has 1 rings (SSSR count). The lowest BCUT2D eigenvalue weighted by molar-refractivity contribution is -0.137. The predicted molar refractivity (Wildman–Crippen MR) is 59.9 cm³/mol. The monoisotopic (exact) mass is 273 g/mol. The van der Waals surface area contributed by atoms with Crippen LogP contribution in [0.15, 0.2) is 17.0 Å². The smallest absolute Gasteiger partial charge is 0.303 e. The third kappa shape index (κ3) is 3.83. The zero-order chi connectivity index (χ0) is 11.3. The maximum absolute atomic E-state index is 10.3. The second-order valence-corrected chi connectivity index (χ2v) is 3.97. The molecule has 15 heavy (non-hydrogen) atoms. The summed E-state index contributed by atoms with van der Waals surface area (Å²) in [5.41, 5.74) is 0. The number of hydrogen-bond acceptors (Lipinski definition) is 4. The Labute approximate surface area is 96.3 Å². The van der Waals surface area contributed by atoms with Crippen molar-refractivity contribution in [3.63, 3.8) is 0 Å². The summed E-state index contributed by atoms with van der Waals surface area (Å²) in [6.45, 7) is 0.655. The predicted octanol–water partition coefficient (Wildman–Crippen LogP) is 1.54. The van der Waals surface area contributed by atoms with Crippen molar-refractivity contribution >= 4 is 27.7 Å². The molecule has 0 atom stereocenters. The molecule has 6 heteroatoms. The van der Waals surface area contributed by atoms with Gasteiger partial charge in [0.05, 0.1) is 4.47 Å². The maximum Gasteiger partial charge on any atom is 0.303 e. The van der Waals surface area contributed by atoms with Gasteiger partial charge in [0.2, 0.25) is 0 Å². The summed E-state index contributed by atoms with van der Waals surface area (Å²) in [7, 11) is 1.87. The highest BCUT2D eigenvalue weighted by atomic mass is 79.9. The van der Waals surface area contributed by atoms with E-state index in [0.29, 0.717) is 13.0 Å². The minimum Gasteiger partial charge on any atom is -0.481 e. The summed E-state index contributed by atoms with van der Waals surface area (Å²) in [5, 5.41) is 8.50. The van der Waals surface area contributed by atoms with E-state index in [2.05, 4.69) is 25.9 Å². The number of nitrogens with zero attached hydrogens (tertiary/aromatic N) is 3. The van der Waals surface area contributed by atoms with E-state index in [4.69, 9.17) is 5.11 Å². The van der Waals surface area contributed by atoms with Crippen LogP contribution in [-0.4, -0.2) is 34.6 Å². The number of carboxylic acid groups (broad SMARTS) is 1. The van der Waals surface area contributed by atoms with Gasteiger partial charge < -0.3 is 10.0 Å². The first kappa shape index (κ1) is 11.9. The van der Waals surface area contributed by atoms with Gasteiger partial charge in [-0.05, 0) is 22.4 Å². The van der Waals surface area contributed by atoms with E-state index in [9.17, 15) is 4.79 Å². The van der Waals surface area contributed by atoms with Crippen molar-refractivity contribution in [2.75, 3.05) is 18.5 Å². The zero-order valence-electron chi connectivity index (χ0n) is 8.35. The highest BCUT2D eigenvalue weighted by molar-refractivity contribution is 9.10. The van der Waals surface area contributed by atoms with E-state index in [1.807, 2.05) is 11.9 Å². The molecule has 0 aliphatic heterocycles. The van der Waals surface area contributed by atoms with Crippen LogP contribution in [0.5, 0.6) is 0 Å². The molecule has 0 saturated heterocycles. The SMILES string of the molecule is CN(CCCC(=O)O)c1ncncc1Br. The Morgan fingerprint density at radius 3 is 3.00 bits per heavy atom. The van der Waals surface area contributed by atoms with E-state index >= 15 is 0 Å². The lowest BCUT2D eigenvalue weighted by Crippen LogP contribution is -2.20. The van der Waals surface area contributed by atoms with Crippen molar-refractivity contribution in [1.29, 1.82) is 0 Å². The largest absolute Gasteiger partial charge is 0.481 e. The first-order valence-electron chi connectivity index (χ1n) is 4.49. The van der Waals surface area contributed by atoms with Crippen LogP contribution >= 0.6 is 15.9 Å². The summed E-state index contributed by atoms with van der Waals surface area (Å²) in [5.74, 6) is 0.000502. The Morgan fingerprint density at radius 2 is 2.40 bits per heavy atom. The minimum atomic E-state index is -0.773. The molecule has 0 aromatic carbocycles. The molecule has 1 N–H and O–H groups in total. The fourth-order valence-electron chi connectivity index (χ4n) is 1.16. The number of rotatable bonds is 5. The Balaban J connectivity index is 2.50. The van der Waals surface area contributed by atoms with Gasteiger partial charge in [-0.1, -0.05) is 0 Å². The number of carboxylic acids is 1. The van der Waals surface area contributed by atoms with Crippen LogP contribution in [-0.2, 0) is 4.79 Å². The molecule has 0 amide bonds. The zero-order valence-corrected chi connectivity index (χ0v) is 9.94. The van der Waals surface area contributed by atoms with Gasteiger partial charge in [-0.3, -0.25) is 4.79 Å². The molecule has 0 bridgehead atoms. The molecule has 1 aromatic rings. The van der Waals surface area contributed by atoms with Crippen molar-refractivity contribution in [3.8, 4) is 0 Å². The van der Waals surface area contributed by atoms with Gasteiger partial charge >= 0.3 is 5.97 Å². The summed E-state index contributed by atoms with van der Waals surface area (Å²) < 4.78 is 0.808. The van der Waals surface area contributed by atoms with Crippen LogP contribution in [0.3, 0.4) is 0 Å². The van der Waals surface area contributed by atoms with Gasteiger partial charge in [-0.25, -0.2) is 9.97 Å². The van der Waals surface area contributed by atoms with Crippen molar-refractivity contribution in [1.82, 2.24) is 9.97 Å². The minimum absolute atomic E-state index is 0.174. The molecule has 1 aromatic heterocycles. The second kappa shape index (κ2) is 5.65. The number of carbonyl (C=O) groups is 1. The molecule has 82 valence electrons. The maximum atomic E-state index is 10.3. The Hall–Kier alpha value is -1.17. The second-order valence-electron chi connectivity index (χ2n) is 3.11. The van der Waals surface area contributed by atoms with Crippen molar-refractivity contribution in [3.05, 3.63) is 17.0 Å². The van der Waals surface area contributed by atoms with Crippen LogP contribution in [0, 0.1) is 0 Å². The third-order valence-electron chi connectivity index (χ3n) is 1.89. The van der Waals surface area contributed by atoms with E-state index in [1.165, 1.54) is 6.33 Å². The quantitative estimate of drug-likeness (QED) is 0.882. The topological polar surface area (TPSA) is 66.3 Å². The van der Waals surface area contributed by atoms with Crippen molar-refractivity contribution in [2.24, 2.45) is 0 Å². The van der Waals surface area contributed by atoms with Gasteiger partial charge in [0, 0.05) is 26.2 Å². The van der Waals surface area contributed by atoms with Gasteiger partial charge in [0.25, 0.3) is 0 Å². The average molecular weight is 274 g/mol. The van der Waals surface area contributed by atoms with E-state index in [1.54, 1.807) is 6.20 Å². The normalized spacial score (nSPS) is 10.0. The molecule has 0 unspecified atom stereocenters. The summed E-state index contributed by atoms with van der Waals surface area (Å²) >= 11 is 3.33. The molecule has 5 nitrogen and oxygen atoms in total. The fraction of sp³-hybridized carbons (Fsp3) is 0.444. The summed E-state index contributed by atoms with van der Waals surface area (Å²) in [6, 6.07) is 0. The Bertz CT molecular complexity index is 346. The van der Waals surface area contributed by atoms with Crippen LogP contribution < -0.4 is 4.90 Å². The Kier molecular flexibility index (Phi) is 4.48. The lowest BCUT2D eigenvalue weighted by atomic mass is 10.3. The summed E-state index contributed by atoms with van der Waals surface area (Å²) in [6.07, 6.45) is 3.90.